The van der Waals surface area contributed by atoms with Gasteiger partial charge in [-0.3, -0.25) is 4.79 Å². The van der Waals surface area contributed by atoms with E-state index in [1.807, 2.05) is 18.2 Å². The van der Waals surface area contributed by atoms with Gasteiger partial charge in [0.25, 0.3) is 0 Å². The number of cyclic esters (lactones) is 2. The van der Waals surface area contributed by atoms with E-state index in [0.717, 1.165) is 0 Å². The molecule has 1 saturated heterocycles. The largest absolute Gasteiger partial charge is 0.676 e. The summed E-state index contributed by atoms with van der Waals surface area (Å²) in [6.45, 7) is 1.93. The lowest BCUT2D eigenvalue weighted by molar-refractivity contribution is -0.165. The Morgan fingerprint density at radius 2 is 2.24 bits per heavy atom. The minimum Gasteiger partial charge on any atom is -0.676 e. The number of ether oxygens (including phenoxy) is 3. The predicted octanol–water partition coefficient (Wildman–Crippen LogP) is 2.87. The van der Waals surface area contributed by atoms with E-state index in [1.165, 1.54) is 0 Å². The fraction of sp³-hybridized carbons (Fsp3) is 0.538. The molecule has 1 fully saturated rings. The second-order valence-electron chi connectivity index (χ2n) is 4.71. The van der Waals surface area contributed by atoms with Crippen LogP contribution in [0.5, 0.6) is 0 Å². The number of hydrogen-bond acceptors (Lipinski definition) is 7. The summed E-state index contributed by atoms with van der Waals surface area (Å²) in [5, 5.41) is 4.37. The maximum atomic E-state index is 11.9. The molecule has 0 radical (unpaired) electrons. The number of allylic oxidation sites excluding steroid dienone is 2. The molecule has 2 aliphatic heterocycles. The van der Waals surface area contributed by atoms with Crippen LogP contribution in [0.1, 0.15) is 6.92 Å². The second-order valence-corrected chi connectivity index (χ2v) is 7.31. The molecule has 0 amide bonds. The molecule has 1 atom stereocenters. The molecule has 2 aliphatic rings. The molecule has 0 spiro atoms. The Bertz CT molecular complexity index is 442. The van der Waals surface area contributed by atoms with Gasteiger partial charge in [-0.25, -0.2) is 4.79 Å². The molecule has 2 heterocycles. The highest BCUT2D eigenvalue weighted by atomic mass is 33.1. The summed E-state index contributed by atoms with van der Waals surface area (Å²) in [6, 6.07) is 0. The molecule has 0 saturated carbocycles. The van der Waals surface area contributed by atoms with E-state index in [-0.39, 0.29) is 18.6 Å². The Morgan fingerprint density at radius 1 is 1.48 bits per heavy atom. The van der Waals surface area contributed by atoms with E-state index >= 15 is 0 Å². The summed E-state index contributed by atoms with van der Waals surface area (Å²) in [7, 11) is 3.20. The average molecular weight is 330 g/mol. The molecule has 2 rings (SSSR count). The molecular weight excluding hydrogens is 314 g/mol. The van der Waals surface area contributed by atoms with Crippen molar-refractivity contribution in [2.75, 3.05) is 25.6 Å². The third kappa shape index (κ3) is 4.89. The maximum absolute atomic E-state index is 11.9. The van der Waals surface area contributed by atoms with Crippen molar-refractivity contribution in [3.05, 3.63) is 29.7 Å². The summed E-state index contributed by atoms with van der Waals surface area (Å²) in [5.41, 5.74) is -0.919. The van der Waals surface area contributed by atoms with Crippen LogP contribution in [0.15, 0.2) is 24.4 Å². The molecular formula is C13H16NO5S2-. The van der Waals surface area contributed by atoms with Crippen LogP contribution in [0.25, 0.3) is 5.32 Å². The molecule has 0 aliphatic carbocycles. The molecule has 0 aromatic rings. The van der Waals surface area contributed by atoms with E-state index in [1.54, 1.807) is 34.7 Å². The van der Waals surface area contributed by atoms with E-state index in [2.05, 4.69) is 5.32 Å². The van der Waals surface area contributed by atoms with Gasteiger partial charge >= 0.3 is 12.1 Å². The van der Waals surface area contributed by atoms with Crippen molar-refractivity contribution in [2.24, 2.45) is 5.41 Å². The lowest BCUT2D eigenvalue weighted by Gasteiger charge is -2.30. The monoisotopic (exact) mass is 330 g/mol. The number of carbonyl (C=O) groups excluding carboxylic acids is 2. The highest BCUT2D eigenvalue weighted by Crippen LogP contribution is 2.32. The molecule has 0 bridgehead atoms. The molecule has 0 aromatic heterocycles. The maximum Gasteiger partial charge on any atom is 0.508 e. The SMILES string of the molecule is CC1(C(=O)OCCSSC2C=CC=C[N-]2)COC(=O)OC1. The Balaban J connectivity index is 1.59. The van der Waals surface area contributed by atoms with E-state index < -0.39 is 17.5 Å². The molecule has 116 valence electrons. The number of esters is 1. The fourth-order valence-electron chi connectivity index (χ4n) is 1.55. The van der Waals surface area contributed by atoms with Crippen molar-refractivity contribution in [1.29, 1.82) is 0 Å². The summed E-state index contributed by atoms with van der Waals surface area (Å²) in [5.74, 6) is 0.252. The molecule has 21 heavy (non-hydrogen) atoms. The lowest BCUT2D eigenvalue weighted by Crippen LogP contribution is -2.44. The molecule has 8 heteroatoms. The first-order chi connectivity index (χ1) is 10.1. The van der Waals surface area contributed by atoms with Crippen molar-refractivity contribution < 1.29 is 23.8 Å². The standard InChI is InChI=1S/C13H16NO5S2/c1-13(8-18-12(16)19-9-13)11(15)17-6-7-20-21-10-4-2-3-5-14-10/h2-5,10H,6-9H2,1H3/q-1. The smallest absolute Gasteiger partial charge is 0.508 e. The van der Waals surface area contributed by atoms with Crippen molar-refractivity contribution in [1.82, 2.24) is 0 Å². The zero-order valence-electron chi connectivity index (χ0n) is 11.5. The van der Waals surface area contributed by atoms with Gasteiger partial charge in [-0.05, 0) is 12.3 Å². The fourth-order valence-corrected chi connectivity index (χ4v) is 3.46. The zero-order valence-corrected chi connectivity index (χ0v) is 13.2. The number of nitrogens with zero attached hydrogens (tertiary/aromatic N) is 1. The highest BCUT2D eigenvalue weighted by molar-refractivity contribution is 8.77. The van der Waals surface area contributed by atoms with Crippen LogP contribution in [0.3, 0.4) is 0 Å². The van der Waals surface area contributed by atoms with Gasteiger partial charge in [0.1, 0.15) is 25.2 Å². The van der Waals surface area contributed by atoms with Gasteiger partial charge in [-0.1, -0.05) is 29.0 Å². The van der Waals surface area contributed by atoms with Gasteiger partial charge in [0.05, 0.1) is 0 Å². The number of carbonyl (C=O) groups is 2. The van der Waals surface area contributed by atoms with Gasteiger partial charge in [-0.15, -0.1) is 10.8 Å². The first kappa shape index (κ1) is 16.1. The van der Waals surface area contributed by atoms with Gasteiger partial charge in [0.15, 0.2) is 0 Å². The van der Waals surface area contributed by atoms with Crippen LogP contribution < -0.4 is 0 Å². The third-order valence-corrected chi connectivity index (χ3v) is 5.23. The topological polar surface area (TPSA) is 75.9 Å². The van der Waals surface area contributed by atoms with Crippen LogP contribution in [0.2, 0.25) is 0 Å². The summed E-state index contributed by atoms with van der Waals surface area (Å²) >= 11 is 0. The van der Waals surface area contributed by atoms with Gasteiger partial charge < -0.3 is 19.5 Å². The summed E-state index contributed by atoms with van der Waals surface area (Å²) < 4.78 is 14.6. The first-order valence-electron chi connectivity index (χ1n) is 6.38. The zero-order chi connectivity index (χ0) is 15.1. The Kier molecular flexibility index (Phi) is 5.86. The van der Waals surface area contributed by atoms with E-state index in [9.17, 15) is 9.59 Å². The quantitative estimate of drug-likeness (QED) is 0.421. The van der Waals surface area contributed by atoms with Crippen molar-refractivity contribution in [3.8, 4) is 0 Å². The Morgan fingerprint density at radius 3 is 2.90 bits per heavy atom. The van der Waals surface area contributed by atoms with Crippen molar-refractivity contribution in [2.45, 2.75) is 12.3 Å². The summed E-state index contributed by atoms with van der Waals surface area (Å²) in [4.78, 5) is 22.7. The average Bonchev–Trinajstić information content (AvgIpc) is 2.51. The third-order valence-electron chi connectivity index (χ3n) is 2.78. The van der Waals surface area contributed by atoms with Crippen LogP contribution in [0.4, 0.5) is 4.79 Å². The van der Waals surface area contributed by atoms with Gasteiger partial charge in [0, 0.05) is 5.75 Å². The minimum absolute atomic E-state index is 0.00928. The minimum atomic E-state index is -0.919. The normalized spacial score (nSPS) is 22.9. The number of rotatable bonds is 6. The molecule has 0 N–H and O–H groups in total. The van der Waals surface area contributed by atoms with E-state index in [4.69, 9.17) is 14.2 Å². The Hall–Kier alpha value is -1.28. The molecule has 0 aromatic carbocycles. The lowest BCUT2D eigenvalue weighted by atomic mass is 9.93. The van der Waals surface area contributed by atoms with Gasteiger partial charge in [0.2, 0.25) is 0 Å². The first-order valence-corrected chi connectivity index (χ1v) is 8.77. The number of hydrogen-bond donors (Lipinski definition) is 0. The second kappa shape index (κ2) is 7.65. The molecule has 6 nitrogen and oxygen atoms in total. The van der Waals surface area contributed by atoms with Crippen LogP contribution >= 0.6 is 21.6 Å². The van der Waals surface area contributed by atoms with Gasteiger partial charge in [-0.2, -0.15) is 6.20 Å². The van der Waals surface area contributed by atoms with Crippen LogP contribution in [-0.4, -0.2) is 43.1 Å². The highest BCUT2D eigenvalue weighted by Gasteiger charge is 2.41. The Labute approximate surface area is 131 Å². The van der Waals surface area contributed by atoms with Crippen molar-refractivity contribution in [3.63, 3.8) is 0 Å². The van der Waals surface area contributed by atoms with Crippen LogP contribution in [0, 0.1) is 5.41 Å². The van der Waals surface area contributed by atoms with Crippen LogP contribution in [-0.2, 0) is 19.0 Å². The molecule has 1 unspecified atom stereocenters. The summed E-state index contributed by atoms with van der Waals surface area (Å²) in [6.07, 6.45) is 6.85. The predicted molar refractivity (Wildman–Crippen MR) is 81.8 cm³/mol. The van der Waals surface area contributed by atoms with Crippen molar-refractivity contribution >= 4 is 33.7 Å². The van der Waals surface area contributed by atoms with E-state index in [0.29, 0.717) is 12.4 Å².